The van der Waals surface area contributed by atoms with Crippen LogP contribution < -0.4 is 0 Å². The van der Waals surface area contributed by atoms with E-state index in [1.807, 2.05) is 0 Å². The van der Waals surface area contributed by atoms with Crippen molar-refractivity contribution in [3.63, 3.8) is 0 Å². The molecule has 0 saturated carbocycles. The van der Waals surface area contributed by atoms with E-state index in [9.17, 15) is 4.79 Å². The minimum Gasteiger partial charge on any atom is -0.481 e. The van der Waals surface area contributed by atoms with Crippen LogP contribution in [0.1, 0.15) is 48.9 Å². The van der Waals surface area contributed by atoms with E-state index >= 15 is 0 Å². The van der Waals surface area contributed by atoms with E-state index in [0.717, 1.165) is 32.4 Å². The van der Waals surface area contributed by atoms with Crippen LogP contribution in [-0.4, -0.2) is 29.1 Å². The van der Waals surface area contributed by atoms with Crippen molar-refractivity contribution in [1.29, 1.82) is 0 Å². The number of carbonyl (C=O) groups is 1. The molecule has 0 spiro atoms. The molecule has 1 aliphatic heterocycles. The first-order valence-electron chi connectivity index (χ1n) is 7.57. The Hall–Kier alpha value is -1.35. The molecule has 1 aromatic carbocycles. The van der Waals surface area contributed by atoms with Crippen LogP contribution in [0, 0.1) is 19.8 Å². The highest BCUT2D eigenvalue weighted by Gasteiger charge is 2.28. The molecule has 20 heavy (non-hydrogen) atoms. The van der Waals surface area contributed by atoms with Gasteiger partial charge in [0.05, 0.1) is 5.92 Å². The van der Waals surface area contributed by atoms with Gasteiger partial charge in [-0.2, -0.15) is 0 Å². The number of nitrogens with zero attached hydrogens (tertiary/aromatic N) is 1. The molecule has 1 saturated heterocycles. The molecule has 3 nitrogen and oxygen atoms in total. The Labute approximate surface area is 121 Å². The fraction of sp³-hybridized carbons (Fsp3) is 0.588. The van der Waals surface area contributed by atoms with E-state index < -0.39 is 5.97 Å². The second-order valence-corrected chi connectivity index (χ2v) is 5.93. The molecule has 1 fully saturated rings. The maximum Gasteiger partial charge on any atom is 0.306 e. The minimum absolute atomic E-state index is 0.151. The van der Waals surface area contributed by atoms with Gasteiger partial charge >= 0.3 is 5.97 Å². The number of benzene rings is 1. The second kappa shape index (κ2) is 6.40. The van der Waals surface area contributed by atoms with E-state index in [-0.39, 0.29) is 5.92 Å². The van der Waals surface area contributed by atoms with Gasteiger partial charge in [0.1, 0.15) is 0 Å². The first-order chi connectivity index (χ1) is 9.52. The number of aliphatic carboxylic acids is 1. The number of rotatable bonds is 4. The van der Waals surface area contributed by atoms with Gasteiger partial charge in [-0.15, -0.1) is 0 Å². The zero-order valence-electron chi connectivity index (χ0n) is 12.7. The van der Waals surface area contributed by atoms with Gasteiger partial charge in [0, 0.05) is 6.04 Å². The molecule has 1 aliphatic rings. The predicted molar refractivity (Wildman–Crippen MR) is 80.9 cm³/mol. The van der Waals surface area contributed by atoms with E-state index in [0.29, 0.717) is 6.04 Å². The molecule has 0 amide bonds. The van der Waals surface area contributed by atoms with Gasteiger partial charge < -0.3 is 5.11 Å². The van der Waals surface area contributed by atoms with Gasteiger partial charge in [-0.05, 0) is 57.3 Å². The van der Waals surface area contributed by atoms with Crippen LogP contribution in [0.2, 0.25) is 0 Å². The Bertz CT molecular complexity index is 476. The molecule has 1 unspecified atom stereocenters. The van der Waals surface area contributed by atoms with Gasteiger partial charge in [-0.1, -0.05) is 30.7 Å². The number of hydrogen-bond acceptors (Lipinski definition) is 2. The Kier molecular flexibility index (Phi) is 4.81. The Morgan fingerprint density at radius 2 is 2.00 bits per heavy atom. The number of carboxylic acid groups (broad SMARTS) is 1. The maximum atomic E-state index is 11.1. The van der Waals surface area contributed by atoms with Crippen molar-refractivity contribution in [2.24, 2.45) is 5.92 Å². The summed E-state index contributed by atoms with van der Waals surface area (Å²) in [6.45, 7) is 8.30. The van der Waals surface area contributed by atoms with Crippen molar-refractivity contribution in [3.05, 3.63) is 34.9 Å². The molecule has 3 heteroatoms. The fourth-order valence-electron chi connectivity index (χ4n) is 3.25. The normalized spacial score (nSPS) is 18.9. The van der Waals surface area contributed by atoms with E-state index in [1.165, 1.54) is 16.7 Å². The van der Waals surface area contributed by atoms with Gasteiger partial charge in [-0.3, -0.25) is 9.69 Å². The Morgan fingerprint density at radius 1 is 1.35 bits per heavy atom. The third-order valence-corrected chi connectivity index (χ3v) is 4.50. The van der Waals surface area contributed by atoms with Crippen molar-refractivity contribution in [3.8, 4) is 0 Å². The summed E-state index contributed by atoms with van der Waals surface area (Å²) >= 11 is 0. The quantitative estimate of drug-likeness (QED) is 0.913. The summed E-state index contributed by atoms with van der Waals surface area (Å²) in [4.78, 5) is 13.5. The first kappa shape index (κ1) is 15.0. The minimum atomic E-state index is -0.635. The number of piperidine rings is 1. The number of hydrogen-bond donors (Lipinski definition) is 1. The first-order valence-corrected chi connectivity index (χ1v) is 7.57. The van der Waals surface area contributed by atoms with Gasteiger partial charge in [0.15, 0.2) is 0 Å². The summed E-state index contributed by atoms with van der Waals surface area (Å²) in [6, 6.07) is 7.05. The smallest absolute Gasteiger partial charge is 0.306 e. The summed E-state index contributed by atoms with van der Waals surface area (Å²) in [5, 5.41) is 9.10. The molecular weight excluding hydrogens is 250 g/mol. The van der Waals surface area contributed by atoms with E-state index in [4.69, 9.17) is 5.11 Å². The molecule has 1 aromatic rings. The summed E-state index contributed by atoms with van der Waals surface area (Å²) in [5.41, 5.74) is 4.04. The third-order valence-electron chi connectivity index (χ3n) is 4.50. The Morgan fingerprint density at radius 3 is 2.55 bits per heavy atom. The number of likely N-dealkylation sites (tertiary alicyclic amines) is 1. The largest absolute Gasteiger partial charge is 0.481 e. The zero-order valence-corrected chi connectivity index (χ0v) is 12.7. The lowest BCUT2D eigenvalue weighted by atomic mass is 9.91. The van der Waals surface area contributed by atoms with Crippen molar-refractivity contribution in [1.82, 2.24) is 4.90 Å². The molecule has 1 heterocycles. The topological polar surface area (TPSA) is 40.5 Å². The standard InChI is InChI=1S/C17H25NO2/c1-4-16(15-11-12(2)5-6-13(15)3)18-9-7-14(8-10-18)17(19)20/h5-6,11,14,16H,4,7-10H2,1-3H3,(H,19,20). The van der Waals surface area contributed by atoms with Crippen LogP contribution >= 0.6 is 0 Å². The lowest BCUT2D eigenvalue weighted by molar-refractivity contribution is -0.143. The summed E-state index contributed by atoms with van der Waals surface area (Å²) < 4.78 is 0. The summed E-state index contributed by atoms with van der Waals surface area (Å²) in [5.74, 6) is -0.785. The monoisotopic (exact) mass is 275 g/mol. The zero-order chi connectivity index (χ0) is 14.7. The lowest BCUT2D eigenvalue weighted by Gasteiger charge is -2.37. The molecule has 0 bridgehead atoms. The Balaban J connectivity index is 2.13. The van der Waals surface area contributed by atoms with Crippen molar-refractivity contribution >= 4 is 5.97 Å². The van der Waals surface area contributed by atoms with E-state index in [1.54, 1.807) is 0 Å². The second-order valence-electron chi connectivity index (χ2n) is 5.93. The highest BCUT2D eigenvalue weighted by Crippen LogP contribution is 2.31. The molecular formula is C17H25NO2. The maximum absolute atomic E-state index is 11.1. The predicted octanol–water partition coefficient (Wildman–Crippen LogP) is 3.55. The third kappa shape index (κ3) is 3.21. The van der Waals surface area contributed by atoms with Crippen molar-refractivity contribution in [2.75, 3.05) is 13.1 Å². The molecule has 1 atom stereocenters. The van der Waals surface area contributed by atoms with Crippen LogP contribution in [0.15, 0.2) is 18.2 Å². The van der Waals surface area contributed by atoms with E-state index in [2.05, 4.69) is 43.9 Å². The van der Waals surface area contributed by atoms with Crippen LogP contribution in [0.25, 0.3) is 0 Å². The molecule has 2 rings (SSSR count). The average molecular weight is 275 g/mol. The number of carboxylic acids is 1. The molecule has 0 radical (unpaired) electrons. The molecule has 0 aliphatic carbocycles. The van der Waals surface area contributed by atoms with Crippen LogP contribution in [0.4, 0.5) is 0 Å². The lowest BCUT2D eigenvalue weighted by Crippen LogP contribution is -2.38. The van der Waals surface area contributed by atoms with Crippen molar-refractivity contribution < 1.29 is 9.90 Å². The average Bonchev–Trinajstić information content (AvgIpc) is 2.44. The van der Waals surface area contributed by atoms with Crippen LogP contribution in [0.3, 0.4) is 0 Å². The summed E-state index contributed by atoms with van der Waals surface area (Å²) in [6.07, 6.45) is 2.62. The SMILES string of the molecule is CCC(c1cc(C)ccc1C)N1CCC(C(=O)O)CC1. The van der Waals surface area contributed by atoms with Gasteiger partial charge in [-0.25, -0.2) is 0 Å². The van der Waals surface area contributed by atoms with Crippen LogP contribution in [-0.2, 0) is 4.79 Å². The number of aryl methyl sites for hydroxylation is 2. The van der Waals surface area contributed by atoms with Gasteiger partial charge in [0.25, 0.3) is 0 Å². The molecule has 0 aromatic heterocycles. The molecule has 110 valence electrons. The highest BCUT2D eigenvalue weighted by molar-refractivity contribution is 5.70. The van der Waals surface area contributed by atoms with Gasteiger partial charge in [0.2, 0.25) is 0 Å². The summed E-state index contributed by atoms with van der Waals surface area (Å²) in [7, 11) is 0. The van der Waals surface area contributed by atoms with Crippen LogP contribution in [0.5, 0.6) is 0 Å². The molecule has 1 N–H and O–H groups in total. The fourth-order valence-corrected chi connectivity index (χ4v) is 3.25. The van der Waals surface area contributed by atoms with Crippen molar-refractivity contribution in [2.45, 2.75) is 46.1 Å². The highest BCUT2D eigenvalue weighted by atomic mass is 16.4.